The quantitative estimate of drug-likeness (QED) is 0.703. The number of carbonyl (C=O) groups excluding carboxylic acids is 1. The predicted molar refractivity (Wildman–Crippen MR) is 74.8 cm³/mol. The second kappa shape index (κ2) is 4.61. The molecule has 2 heteroatoms. The molecular weight excluding hydrogens is 228 g/mol. The minimum atomic E-state index is 0.224. The number of thiophene rings is 1. The Morgan fingerprint density at radius 2 is 1.94 bits per heavy atom. The zero-order valence-electron chi connectivity index (χ0n) is 10.6. The van der Waals surface area contributed by atoms with E-state index in [1.807, 2.05) is 23.6 Å². The van der Waals surface area contributed by atoms with Crippen LogP contribution in [0.5, 0.6) is 0 Å². The van der Waals surface area contributed by atoms with Crippen molar-refractivity contribution < 1.29 is 4.79 Å². The Morgan fingerprint density at radius 3 is 2.65 bits per heavy atom. The smallest absolute Gasteiger partial charge is 0.164 e. The lowest BCUT2D eigenvalue weighted by atomic mass is 9.88. The molecule has 0 atom stereocenters. The maximum atomic E-state index is 12.2. The van der Waals surface area contributed by atoms with Gasteiger partial charge in [0.2, 0.25) is 0 Å². The fraction of sp³-hybridized carbons (Fsp3) is 0.400. The van der Waals surface area contributed by atoms with Crippen molar-refractivity contribution in [1.29, 1.82) is 0 Å². The third-order valence-corrected chi connectivity index (χ3v) is 3.85. The molecule has 0 unspecified atom stereocenters. The summed E-state index contributed by atoms with van der Waals surface area (Å²) in [4.78, 5) is 12.2. The van der Waals surface area contributed by atoms with E-state index in [9.17, 15) is 4.79 Å². The van der Waals surface area contributed by atoms with Crippen LogP contribution in [0.25, 0.3) is 10.1 Å². The van der Waals surface area contributed by atoms with Crippen LogP contribution in [0.15, 0.2) is 29.6 Å². The monoisotopic (exact) mass is 246 g/mol. The molecule has 0 saturated heterocycles. The van der Waals surface area contributed by atoms with E-state index in [0.717, 1.165) is 17.4 Å². The van der Waals surface area contributed by atoms with Gasteiger partial charge in [0, 0.05) is 27.5 Å². The Morgan fingerprint density at radius 1 is 1.24 bits per heavy atom. The second-order valence-electron chi connectivity index (χ2n) is 5.63. The molecule has 0 radical (unpaired) electrons. The molecule has 1 aromatic heterocycles. The van der Waals surface area contributed by atoms with Gasteiger partial charge in [0.25, 0.3) is 0 Å². The molecule has 0 aliphatic rings. The number of ketones is 1. The van der Waals surface area contributed by atoms with Gasteiger partial charge in [0.15, 0.2) is 5.78 Å². The standard InChI is InChI=1S/C15H18OS/c1-15(2,3)9-8-13(16)12-10-17-14-7-5-4-6-11(12)14/h4-7,10H,8-9H2,1-3H3. The van der Waals surface area contributed by atoms with Crippen LogP contribution in [0.2, 0.25) is 0 Å². The van der Waals surface area contributed by atoms with Crippen molar-refractivity contribution in [2.45, 2.75) is 33.6 Å². The van der Waals surface area contributed by atoms with Gasteiger partial charge in [-0.25, -0.2) is 0 Å². The van der Waals surface area contributed by atoms with Crippen molar-refractivity contribution in [2.24, 2.45) is 5.41 Å². The molecule has 0 N–H and O–H groups in total. The summed E-state index contributed by atoms with van der Waals surface area (Å²) in [5.41, 5.74) is 1.12. The molecule has 2 aromatic rings. The van der Waals surface area contributed by atoms with Gasteiger partial charge in [0.05, 0.1) is 0 Å². The van der Waals surface area contributed by atoms with Gasteiger partial charge in [-0.1, -0.05) is 39.0 Å². The predicted octanol–water partition coefficient (Wildman–Crippen LogP) is 4.91. The Balaban J connectivity index is 2.20. The summed E-state index contributed by atoms with van der Waals surface area (Å²) < 4.78 is 1.20. The number of hydrogen-bond acceptors (Lipinski definition) is 2. The lowest BCUT2D eigenvalue weighted by molar-refractivity contribution is 0.0968. The van der Waals surface area contributed by atoms with E-state index in [4.69, 9.17) is 0 Å². The Bertz CT molecular complexity index is 531. The van der Waals surface area contributed by atoms with Crippen LogP contribution in [0, 0.1) is 5.41 Å². The minimum Gasteiger partial charge on any atom is -0.294 e. The number of carbonyl (C=O) groups is 1. The highest BCUT2D eigenvalue weighted by Gasteiger charge is 2.16. The summed E-state index contributed by atoms with van der Waals surface area (Å²) in [6.45, 7) is 6.52. The van der Waals surface area contributed by atoms with Crippen molar-refractivity contribution >= 4 is 27.2 Å². The number of benzene rings is 1. The summed E-state index contributed by atoms with van der Waals surface area (Å²) in [6.07, 6.45) is 1.58. The van der Waals surface area contributed by atoms with Gasteiger partial charge in [-0.2, -0.15) is 0 Å². The van der Waals surface area contributed by atoms with Gasteiger partial charge in [-0.05, 0) is 17.9 Å². The molecule has 0 aliphatic carbocycles. The minimum absolute atomic E-state index is 0.224. The molecule has 0 bridgehead atoms. The number of hydrogen-bond donors (Lipinski definition) is 0. The zero-order chi connectivity index (χ0) is 12.5. The molecule has 0 saturated carbocycles. The third-order valence-electron chi connectivity index (χ3n) is 2.88. The number of fused-ring (bicyclic) bond motifs is 1. The summed E-state index contributed by atoms with van der Waals surface area (Å²) >= 11 is 1.65. The Labute approximate surface area is 106 Å². The van der Waals surface area contributed by atoms with Crippen LogP contribution < -0.4 is 0 Å². The van der Waals surface area contributed by atoms with E-state index in [1.165, 1.54) is 4.70 Å². The molecule has 2 rings (SSSR count). The largest absolute Gasteiger partial charge is 0.294 e. The molecule has 0 amide bonds. The maximum Gasteiger partial charge on any atom is 0.164 e. The summed E-state index contributed by atoms with van der Waals surface area (Å²) in [5, 5.41) is 3.10. The van der Waals surface area contributed by atoms with E-state index in [2.05, 4.69) is 26.8 Å². The molecular formula is C15H18OS. The second-order valence-corrected chi connectivity index (χ2v) is 6.54. The van der Waals surface area contributed by atoms with Crippen molar-refractivity contribution in [3.05, 3.63) is 35.2 Å². The highest BCUT2D eigenvalue weighted by atomic mass is 32.1. The average Bonchev–Trinajstić information content (AvgIpc) is 2.68. The van der Waals surface area contributed by atoms with E-state index in [1.54, 1.807) is 11.3 Å². The first-order valence-corrected chi connectivity index (χ1v) is 6.85. The van der Waals surface area contributed by atoms with Crippen molar-refractivity contribution in [2.75, 3.05) is 0 Å². The Hall–Kier alpha value is -1.15. The average molecular weight is 246 g/mol. The van der Waals surface area contributed by atoms with E-state index in [0.29, 0.717) is 6.42 Å². The molecule has 1 aromatic carbocycles. The van der Waals surface area contributed by atoms with Crippen LogP contribution in [0.1, 0.15) is 44.0 Å². The van der Waals surface area contributed by atoms with Crippen LogP contribution in [0.4, 0.5) is 0 Å². The van der Waals surface area contributed by atoms with Crippen LogP contribution in [-0.2, 0) is 0 Å². The van der Waals surface area contributed by atoms with Gasteiger partial charge in [0.1, 0.15) is 0 Å². The van der Waals surface area contributed by atoms with Crippen LogP contribution in [0.3, 0.4) is 0 Å². The first-order chi connectivity index (χ1) is 7.97. The molecule has 0 spiro atoms. The number of Topliss-reactive ketones (excluding diaryl/α,β-unsaturated/α-hetero) is 1. The van der Waals surface area contributed by atoms with Crippen LogP contribution >= 0.6 is 11.3 Å². The van der Waals surface area contributed by atoms with E-state index in [-0.39, 0.29) is 11.2 Å². The molecule has 17 heavy (non-hydrogen) atoms. The highest BCUT2D eigenvalue weighted by molar-refractivity contribution is 7.17. The summed E-state index contributed by atoms with van der Waals surface area (Å²) in [5.74, 6) is 0.275. The zero-order valence-corrected chi connectivity index (χ0v) is 11.4. The van der Waals surface area contributed by atoms with Crippen molar-refractivity contribution in [3.8, 4) is 0 Å². The normalized spacial score (nSPS) is 11.9. The molecule has 90 valence electrons. The van der Waals surface area contributed by atoms with E-state index >= 15 is 0 Å². The fourth-order valence-electron chi connectivity index (χ4n) is 1.82. The first-order valence-electron chi connectivity index (χ1n) is 5.97. The molecule has 0 fully saturated rings. The Kier molecular flexibility index (Phi) is 3.34. The molecule has 1 nitrogen and oxygen atoms in total. The number of rotatable bonds is 3. The topological polar surface area (TPSA) is 17.1 Å². The fourth-order valence-corrected chi connectivity index (χ4v) is 2.78. The van der Waals surface area contributed by atoms with Gasteiger partial charge >= 0.3 is 0 Å². The lowest BCUT2D eigenvalue weighted by Crippen LogP contribution is -2.08. The highest BCUT2D eigenvalue weighted by Crippen LogP contribution is 2.28. The van der Waals surface area contributed by atoms with Gasteiger partial charge in [-0.15, -0.1) is 11.3 Å². The molecule has 1 heterocycles. The van der Waals surface area contributed by atoms with E-state index < -0.39 is 0 Å². The van der Waals surface area contributed by atoms with Gasteiger partial charge in [-0.3, -0.25) is 4.79 Å². The lowest BCUT2D eigenvalue weighted by Gasteiger charge is -2.16. The first kappa shape index (κ1) is 12.3. The SMILES string of the molecule is CC(C)(C)CCC(=O)c1csc2ccccc12. The van der Waals surface area contributed by atoms with Crippen LogP contribution in [-0.4, -0.2) is 5.78 Å². The van der Waals surface area contributed by atoms with Crippen molar-refractivity contribution in [3.63, 3.8) is 0 Å². The summed E-state index contributed by atoms with van der Waals surface area (Å²) in [6, 6.07) is 8.12. The molecule has 0 aliphatic heterocycles. The third kappa shape index (κ3) is 2.95. The van der Waals surface area contributed by atoms with Crippen molar-refractivity contribution in [1.82, 2.24) is 0 Å². The maximum absolute atomic E-state index is 12.2. The summed E-state index contributed by atoms with van der Waals surface area (Å²) in [7, 11) is 0. The van der Waals surface area contributed by atoms with Gasteiger partial charge < -0.3 is 0 Å².